The molecule has 0 atom stereocenters. The van der Waals surface area contributed by atoms with E-state index < -0.39 is 12.0 Å². The largest absolute Gasteiger partial charge is 0.493 e. The van der Waals surface area contributed by atoms with Crippen molar-refractivity contribution in [1.29, 1.82) is 0 Å². The van der Waals surface area contributed by atoms with Gasteiger partial charge in [0.2, 0.25) is 5.91 Å². The van der Waals surface area contributed by atoms with E-state index in [1.165, 1.54) is 17.4 Å². The van der Waals surface area contributed by atoms with Gasteiger partial charge in [0.1, 0.15) is 10.8 Å². The fourth-order valence-corrected chi connectivity index (χ4v) is 2.68. The predicted octanol–water partition coefficient (Wildman–Crippen LogP) is 3.04. The van der Waals surface area contributed by atoms with E-state index in [0.29, 0.717) is 10.8 Å². The maximum atomic E-state index is 12.0. The molecule has 8 heteroatoms. The summed E-state index contributed by atoms with van der Waals surface area (Å²) in [6.07, 6.45) is -0.696. The number of rotatable bonds is 7. The molecule has 0 aliphatic rings. The van der Waals surface area contributed by atoms with Crippen LogP contribution < -0.4 is 15.4 Å². The van der Waals surface area contributed by atoms with Crippen LogP contribution in [0.4, 0.5) is 9.80 Å². The van der Waals surface area contributed by atoms with Crippen molar-refractivity contribution in [3.05, 3.63) is 47.3 Å². The summed E-state index contributed by atoms with van der Waals surface area (Å²) in [7, 11) is 0. The van der Waals surface area contributed by atoms with E-state index in [1.807, 2.05) is 18.2 Å². The Labute approximate surface area is 148 Å². The molecule has 1 heterocycles. The van der Waals surface area contributed by atoms with Gasteiger partial charge in [-0.25, -0.2) is 4.79 Å². The van der Waals surface area contributed by atoms with Crippen molar-refractivity contribution in [2.45, 2.75) is 13.3 Å². The van der Waals surface area contributed by atoms with Gasteiger partial charge in [-0.3, -0.25) is 14.9 Å². The van der Waals surface area contributed by atoms with Crippen LogP contribution in [0.2, 0.25) is 0 Å². The first-order valence-corrected chi connectivity index (χ1v) is 8.51. The van der Waals surface area contributed by atoms with Gasteiger partial charge in [-0.2, -0.15) is 0 Å². The third kappa shape index (κ3) is 5.92. The number of carbonyl (C=O) groups excluding carboxylic acids is 3. The first-order chi connectivity index (χ1) is 12.1. The van der Waals surface area contributed by atoms with Gasteiger partial charge in [0.25, 0.3) is 5.91 Å². The lowest BCUT2D eigenvalue weighted by Crippen LogP contribution is -2.31. The summed E-state index contributed by atoms with van der Waals surface area (Å²) in [5.74, 6) is -0.236. The lowest BCUT2D eigenvalue weighted by atomic mass is 10.3. The van der Waals surface area contributed by atoms with E-state index in [-0.39, 0.29) is 31.1 Å². The molecule has 0 aliphatic carbocycles. The number of carbonyl (C=O) groups is 3. The van der Waals surface area contributed by atoms with Gasteiger partial charge in [-0.15, -0.1) is 11.3 Å². The molecule has 0 radical (unpaired) electrons. The second-order valence-corrected chi connectivity index (χ2v) is 5.71. The highest BCUT2D eigenvalue weighted by atomic mass is 32.1. The molecule has 0 fully saturated rings. The van der Waals surface area contributed by atoms with Crippen molar-refractivity contribution < 1.29 is 23.9 Å². The molecule has 1 aromatic carbocycles. The van der Waals surface area contributed by atoms with Gasteiger partial charge in [0, 0.05) is 0 Å². The minimum absolute atomic E-state index is 0.131. The zero-order valence-corrected chi connectivity index (χ0v) is 14.4. The minimum atomic E-state index is -0.827. The van der Waals surface area contributed by atoms with Crippen LogP contribution in [0.15, 0.2) is 41.8 Å². The minimum Gasteiger partial charge on any atom is -0.493 e. The summed E-state index contributed by atoms with van der Waals surface area (Å²) in [5, 5.41) is 6.76. The Balaban J connectivity index is 1.84. The standard InChI is InChI=1S/C17H18N2O5S/c1-2-23-17(22)19-15(21)13-9-11-25-16(13)18-14(20)8-10-24-12-6-4-3-5-7-12/h3-7,9,11H,2,8,10H2,1H3,(H,18,20)(H,19,21,22). The Morgan fingerprint density at radius 1 is 1.12 bits per heavy atom. The first-order valence-electron chi connectivity index (χ1n) is 7.63. The lowest BCUT2D eigenvalue weighted by Gasteiger charge is -2.08. The van der Waals surface area contributed by atoms with Crippen LogP contribution in [0.1, 0.15) is 23.7 Å². The van der Waals surface area contributed by atoms with Crippen LogP contribution in [0.3, 0.4) is 0 Å². The van der Waals surface area contributed by atoms with Gasteiger partial charge in [-0.05, 0) is 30.5 Å². The molecule has 25 heavy (non-hydrogen) atoms. The first kappa shape index (κ1) is 18.5. The number of alkyl carbamates (subject to hydrolysis) is 1. The molecular weight excluding hydrogens is 344 g/mol. The van der Waals surface area contributed by atoms with E-state index in [2.05, 4.69) is 15.4 Å². The summed E-state index contributed by atoms with van der Waals surface area (Å²) in [5.41, 5.74) is 0.204. The smallest absolute Gasteiger partial charge is 0.414 e. The van der Waals surface area contributed by atoms with Crippen molar-refractivity contribution in [3.8, 4) is 5.75 Å². The highest BCUT2D eigenvalue weighted by molar-refractivity contribution is 7.14. The van der Waals surface area contributed by atoms with Gasteiger partial charge in [-0.1, -0.05) is 18.2 Å². The van der Waals surface area contributed by atoms with Gasteiger partial charge < -0.3 is 14.8 Å². The Kier molecular flexibility index (Phi) is 6.97. The van der Waals surface area contributed by atoms with E-state index in [4.69, 9.17) is 4.74 Å². The number of hydrogen-bond acceptors (Lipinski definition) is 6. The third-order valence-electron chi connectivity index (χ3n) is 2.99. The van der Waals surface area contributed by atoms with Crippen LogP contribution in [0, 0.1) is 0 Å². The SMILES string of the molecule is CCOC(=O)NC(=O)c1ccsc1NC(=O)CCOc1ccccc1. The number of para-hydroxylation sites is 1. The van der Waals surface area contributed by atoms with E-state index >= 15 is 0 Å². The molecule has 1 aromatic heterocycles. The monoisotopic (exact) mass is 362 g/mol. The summed E-state index contributed by atoms with van der Waals surface area (Å²) >= 11 is 1.19. The van der Waals surface area contributed by atoms with Gasteiger partial charge >= 0.3 is 6.09 Å². The summed E-state index contributed by atoms with van der Waals surface area (Å²) in [6, 6.07) is 10.7. The Hall–Kier alpha value is -2.87. The molecule has 2 rings (SSSR count). The molecule has 132 valence electrons. The second-order valence-electron chi connectivity index (χ2n) is 4.80. The molecule has 0 bridgehead atoms. The number of nitrogens with one attached hydrogen (secondary N) is 2. The number of thiophene rings is 1. The van der Waals surface area contributed by atoms with E-state index in [0.717, 1.165) is 0 Å². The van der Waals surface area contributed by atoms with Gasteiger partial charge in [0.05, 0.1) is 25.2 Å². The number of amides is 3. The number of ether oxygens (including phenoxy) is 2. The number of imide groups is 1. The molecule has 7 nitrogen and oxygen atoms in total. The van der Waals surface area contributed by atoms with Crippen molar-refractivity contribution in [2.24, 2.45) is 0 Å². The molecule has 2 aromatic rings. The quantitative estimate of drug-likeness (QED) is 0.789. The lowest BCUT2D eigenvalue weighted by molar-refractivity contribution is -0.116. The molecule has 3 amide bonds. The summed E-state index contributed by atoms with van der Waals surface area (Å²) in [6.45, 7) is 2.01. The van der Waals surface area contributed by atoms with Crippen molar-refractivity contribution in [2.75, 3.05) is 18.5 Å². The Morgan fingerprint density at radius 2 is 1.88 bits per heavy atom. The Morgan fingerprint density at radius 3 is 2.60 bits per heavy atom. The summed E-state index contributed by atoms with van der Waals surface area (Å²) in [4.78, 5) is 35.3. The molecular formula is C17H18N2O5S. The number of benzene rings is 1. The van der Waals surface area contributed by atoms with Crippen LogP contribution in [0.25, 0.3) is 0 Å². The van der Waals surface area contributed by atoms with Crippen LogP contribution in [0.5, 0.6) is 5.75 Å². The zero-order valence-electron chi connectivity index (χ0n) is 13.6. The van der Waals surface area contributed by atoms with E-state index in [9.17, 15) is 14.4 Å². The second kappa shape index (κ2) is 9.43. The van der Waals surface area contributed by atoms with Crippen LogP contribution in [-0.2, 0) is 9.53 Å². The molecule has 0 aliphatic heterocycles. The molecule has 0 unspecified atom stereocenters. The molecule has 0 saturated carbocycles. The maximum absolute atomic E-state index is 12.0. The normalized spacial score (nSPS) is 9.96. The molecule has 0 saturated heterocycles. The van der Waals surface area contributed by atoms with Crippen molar-refractivity contribution in [1.82, 2.24) is 5.32 Å². The fraction of sp³-hybridized carbons (Fsp3) is 0.235. The van der Waals surface area contributed by atoms with Gasteiger partial charge in [0.15, 0.2) is 0 Å². The van der Waals surface area contributed by atoms with Crippen molar-refractivity contribution in [3.63, 3.8) is 0 Å². The third-order valence-corrected chi connectivity index (χ3v) is 3.82. The zero-order chi connectivity index (χ0) is 18.1. The summed E-state index contributed by atoms with van der Waals surface area (Å²) < 4.78 is 10.1. The van der Waals surface area contributed by atoms with Crippen molar-refractivity contribution >= 4 is 34.2 Å². The fourth-order valence-electron chi connectivity index (χ4n) is 1.88. The maximum Gasteiger partial charge on any atom is 0.414 e. The number of hydrogen-bond donors (Lipinski definition) is 2. The topological polar surface area (TPSA) is 93.7 Å². The predicted molar refractivity (Wildman–Crippen MR) is 94.0 cm³/mol. The molecule has 0 spiro atoms. The van der Waals surface area contributed by atoms with Crippen LogP contribution in [-0.4, -0.2) is 31.1 Å². The average Bonchev–Trinajstić information content (AvgIpc) is 3.04. The van der Waals surface area contributed by atoms with E-state index in [1.54, 1.807) is 24.4 Å². The Bertz CT molecular complexity index is 730. The average molecular weight is 362 g/mol. The highest BCUT2D eigenvalue weighted by Gasteiger charge is 2.17. The molecule has 2 N–H and O–H groups in total. The highest BCUT2D eigenvalue weighted by Crippen LogP contribution is 2.23. The van der Waals surface area contributed by atoms with Crippen LogP contribution >= 0.6 is 11.3 Å². The number of anilines is 1.